The zero-order chi connectivity index (χ0) is 21.6. The van der Waals surface area contributed by atoms with E-state index in [0.717, 1.165) is 5.56 Å². The maximum absolute atomic E-state index is 13.0. The number of hydrogen-bond donors (Lipinski definition) is 0. The summed E-state index contributed by atoms with van der Waals surface area (Å²) in [6, 6.07) is 21.6. The van der Waals surface area contributed by atoms with E-state index in [9.17, 15) is 13.2 Å². The molecular weight excluding hydrogens is 416 g/mol. The van der Waals surface area contributed by atoms with E-state index < -0.39 is 15.1 Å². The molecule has 1 unspecified atom stereocenters. The number of hydrogen-bond acceptors (Lipinski definition) is 5. The number of sulfone groups is 1. The summed E-state index contributed by atoms with van der Waals surface area (Å²) in [5, 5.41) is -0.0746. The monoisotopic (exact) mass is 440 g/mol. The van der Waals surface area contributed by atoms with Gasteiger partial charge >= 0.3 is 0 Å². The van der Waals surface area contributed by atoms with Gasteiger partial charge < -0.3 is 4.90 Å². The number of pyridine rings is 1. The predicted octanol–water partition coefficient (Wildman–Crippen LogP) is 4.31. The molecule has 156 valence electrons. The highest BCUT2D eigenvalue weighted by Gasteiger charge is 2.25. The van der Waals surface area contributed by atoms with Gasteiger partial charge in [-0.25, -0.2) is 13.4 Å². The average molecular weight is 441 g/mol. The van der Waals surface area contributed by atoms with Gasteiger partial charge in [-0.3, -0.25) is 4.79 Å². The molecule has 1 heterocycles. The van der Waals surface area contributed by atoms with Gasteiger partial charge in [0, 0.05) is 25.5 Å². The molecule has 0 saturated carbocycles. The van der Waals surface area contributed by atoms with Crippen molar-refractivity contribution in [3.63, 3.8) is 0 Å². The van der Waals surface area contributed by atoms with Crippen molar-refractivity contribution < 1.29 is 13.2 Å². The van der Waals surface area contributed by atoms with Crippen molar-refractivity contribution >= 4 is 27.5 Å². The van der Waals surface area contributed by atoms with Crippen LogP contribution in [0, 0.1) is 0 Å². The number of carbonyl (C=O) groups excluding carboxylic acids is 1. The molecule has 30 heavy (non-hydrogen) atoms. The van der Waals surface area contributed by atoms with Crippen LogP contribution in [0.2, 0.25) is 0 Å². The number of nitrogens with zero attached hydrogens (tertiary/aromatic N) is 2. The van der Waals surface area contributed by atoms with E-state index in [2.05, 4.69) is 4.98 Å². The first kappa shape index (κ1) is 22.1. The van der Waals surface area contributed by atoms with Crippen LogP contribution in [-0.2, 0) is 16.4 Å². The average Bonchev–Trinajstić information content (AvgIpc) is 2.78. The highest BCUT2D eigenvalue weighted by Crippen LogP contribution is 2.26. The normalized spacial score (nSPS) is 12.3. The minimum absolute atomic E-state index is 0.145. The maximum Gasteiger partial charge on any atom is 0.256 e. The molecule has 0 fully saturated rings. The SMILES string of the molecule is CC(CSc1ncccc1C(=O)N(C)Cc1ccccc1)S(=O)(=O)c1ccccc1. The Hall–Kier alpha value is -2.64. The van der Waals surface area contributed by atoms with Crippen molar-refractivity contribution in [3.8, 4) is 0 Å². The minimum Gasteiger partial charge on any atom is -0.337 e. The lowest BCUT2D eigenvalue weighted by atomic mass is 10.2. The second-order valence-corrected chi connectivity index (χ2v) is 10.4. The summed E-state index contributed by atoms with van der Waals surface area (Å²) in [4.78, 5) is 19.3. The third kappa shape index (κ3) is 5.29. The maximum atomic E-state index is 13.0. The molecule has 0 N–H and O–H groups in total. The van der Waals surface area contributed by atoms with Crippen molar-refractivity contribution in [1.82, 2.24) is 9.88 Å². The van der Waals surface area contributed by atoms with Crippen molar-refractivity contribution in [2.75, 3.05) is 12.8 Å². The molecular formula is C23H24N2O3S2. The fourth-order valence-electron chi connectivity index (χ4n) is 2.93. The molecule has 0 radical (unpaired) electrons. The minimum atomic E-state index is -3.44. The Morgan fingerprint density at radius 1 is 1.00 bits per heavy atom. The molecule has 0 aliphatic heterocycles. The van der Waals surface area contributed by atoms with Crippen LogP contribution in [0.15, 0.2) is 88.9 Å². The second-order valence-electron chi connectivity index (χ2n) is 6.98. The van der Waals surface area contributed by atoms with Crippen molar-refractivity contribution in [1.29, 1.82) is 0 Å². The molecule has 0 aliphatic carbocycles. The van der Waals surface area contributed by atoms with Crippen LogP contribution in [-0.4, -0.2) is 42.3 Å². The summed E-state index contributed by atoms with van der Waals surface area (Å²) in [5.41, 5.74) is 1.51. The highest BCUT2D eigenvalue weighted by atomic mass is 32.2. The van der Waals surface area contributed by atoms with Crippen LogP contribution in [0.3, 0.4) is 0 Å². The third-order valence-electron chi connectivity index (χ3n) is 4.67. The van der Waals surface area contributed by atoms with Gasteiger partial charge in [-0.1, -0.05) is 48.5 Å². The summed E-state index contributed by atoms with van der Waals surface area (Å²) >= 11 is 1.29. The van der Waals surface area contributed by atoms with Crippen LogP contribution in [0.25, 0.3) is 0 Å². The van der Waals surface area contributed by atoms with Gasteiger partial charge in [0.25, 0.3) is 5.91 Å². The van der Waals surface area contributed by atoms with Crippen molar-refractivity contribution in [2.45, 2.75) is 28.6 Å². The fraction of sp³-hybridized carbons (Fsp3) is 0.217. The van der Waals surface area contributed by atoms with E-state index >= 15 is 0 Å². The molecule has 0 saturated heterocycles. The van der Waals surface area contributed by atoms with Crippen LogP contribution in [0.4, 0.5) is 0 Å². The zero-order valence-corrected chi connectivity index (χ0v) is 18.6. The molecule has 3 rings (SSSR count). The molecule has 0 spiro atoms. The first-order chi connectivity index (χ1) is 14.4. The Bertz CT molecular complexity index is 1090. The van der Waals surface area contributed by atoms with Crippen LogP contribution in [0.1, 0.15) is 22.8 Å². The summed E-state index contributed by atoms with van der Waals surface area (Å²) in [5.74, 6) is 0.157. The lowest BCUT2D eigenvalue weighted by molar-refractivity contribution is 0.0781. The largest absolute Gasteiger partial charge is 0.337 e. The number of aromatic nitrogens is 1. The van der Waals surface area contributed by atoms with E-state index in [1.165, 1.54) is 11.8 Å². The van der Waals surface area contributed by atoms with Gasteiger partial charge in [-0.2, -0.15) is 0 Å². The first-order valence-corrected chi connectivity index (χ1v) is 12.1. The summed E-state index contributed by atoms with van der Waals surface area (Å²) < 4.78 is 25.5. The Morgan fingerprint density at radius 2 is 1.63 bits per heavy atom. The summed E-state index contributed by atoms with van der Waals surface area (Å²) in [6.45, 7) is 2.17. The Labute approximate surface area is 182 Å². The zero-order valence-electron chi connectivity index (χ0n) is 16.9. The molecule has 1 amide bonds. The van der Waals surface area contributed by atoms with Gasteiger partial charge in [0.1, 0.15) is 5.03 Å². The lowest BCUT2D eigenvalue weighted by Crippen LogP contribution is -2.27. The van der Waals surface area contributed by atoms with Crippen LogP contribution < -0.4 is 0 Å². The smallest absolute Gasteiger partial charge is 0.256 e. The topological polar surface area (TPSA) is 67.3 Å². The van der Waals surface area contributed by atoms with Gasteiger partial charge in [0.15, 0.2) is 9.84 Å². The summed E-state index contributed by atoms with van der Waals surface area (Å²) in [7, 11) is -1.69. The molecule has 1 aromatic heterocycles. The van der Waals surface area contributed by atoms with E-state index in [-0.39, 0.29) is 5.91 Å². The van der Waals surface area contributed by atoms with E-state index in [0.29, 0.717) is 27.8 Å². The van der Waals surface area contributed by atoms with Crippen molar-refractivity contribution in [3.05, 3.63) is 90.1 Å². The van der Waals surface area contributed by atoms with E-state index in [4.69, 9.17) is 0 Å². The molecule has 2 aromatic carbocycles. The molecule has 0 aliphatic rings. The third-order valence-corrected chi connectivity index (χ3v) is 8.30. The Morgan fingerprint density at radius 3 is 2.30 bits per heavy atom. The number of thioether (sulfide) groups is 1. The standard InChI is InChI=1S/C23H24N2O3S2/c1-18(30(27,28)20-12-7-4-8-13-20)17-29-22-21(14-9-15-24-22)23(26)25(2)16-19-10-5-3-6-11-19/h3-15,18H,16-17H2,1-2H3. The second kappa shape index (κ2) is 9.91. The highest BCUT2D eigenvalue weighted by molar-refractivity contribution is 8.00. The van der Waals surface area contributed by atoms with Gasteiger partial charge in [-0.05, 0) is 36.8 Å². The van der Waals surface area contributed by atoms with Gasteiger partial charge in [-0.15, -0.1) is 11.8 Å². The van der Waals surface area contributed by atoms with Gasteiger partial charge in [0.2, 0.25) is 0 Å². The summed E-state index contributed by atoms with van der Waals surface area (Å²) in [6.07, 6.45) is 1.62. The van der Waals surface area contributed by atoms with Gasteiger partial charge in [0.05, 0.1) is 15.7 Å². The molecule has 3 aromatic rings. The van der Waals surface area contributed by atoms with E-state index in [1.54, 1.807) is 67.5 Å². The van der Waals surface area contributed by atoms with Crippen molar-refractivity contribution in [2.24, 2.45) is 0 Å². The number of rotatable bonds is 8. The molecule has 0 bridgehead atoms. The number of benzene rings is 2. The predicted molar refractivity (Wildman–Crippen MR) is 120 cm³/mol. The Balaban J connectivity index is 1.71. The number of carbonyl (C=O) groups is 1. The Kier molecular flexibility index (Phi) is 7.29. The lowest BCUT2D eigenvalue weighted by Gasteiger charge is -2.19. The van der Waals surface area contributed by atoms with Crippen LogP contribution >= 0.6 is 11.8 Å². The first-order valence-electron chi connectivity index (χ1n) is 9.55. The molecule has 7 heteroatoms. The number of amides is 1. The van der Waals surface area contributed by atoms with E-state index in [1.807, 2.05) is 30.3 Å². The molecule has 5 nitrogen and oxygen atoms in total. The van der Waals surface area contributed by atoms with Crippen LogP contribution in [0.5, 0.6) is 0 Å². The quantitative estimate of drug-likeness (QED) is 0.488. The molecule has 1 atom stereocenters. The fourth-order valence-corrected chi connectivity index (χ4v) is 5.69.